The zero-order chi connectivity index (χ0) is 20.7. The van der Waals surface area contributed by atoms with Crippen LogP contribution in [0.5, 0.6) is 0 Å². The number of nitrogens with one attached hydrogen (secondary N) is 2. The van der Waals surface area contributed by atoms with E-state index in [2.05, 4.69) is 10.6 Å². The number of rotatable bonds is 5. The Morgan fingerprint density at radius 1 is 1.00 bits per heavy atom. The third-order valence-electron chi connectivity index (χ3n) is 5.94. The third-order valence-corrected chi connectivity index (χ3v) is 8.39. The summed E-state index contributed by atoms with van der Waals surface area (Å²) in [5.74, 6) is 0. The van der Waals surface area contributed by atoms with Gasteiger partial charge in [-0.3, -0.25) is 0 Å². The predicted octanol–water partition coefficient (Wildman–Crippen LogP) is 4.30. The first kappa shape index (κ1) is 22.4. The highest BCUT2D eigenvalue weighted by Gasteiger charge is 2.34. The number of piperidine rings is 1. The molecule has 1 aromatic carbocycles. The van der Waals surface area contributed by atoms with Gasteiger partial charge < -0.3 is 10.6 Å². The van der Waals surface area contributed by atoms with Crippen molar-refractivity contribution in [3.05, 3.63) is 29.3 Å². The molecule has 1 unspecified atom stereocenters. The maximum absolute atomic E-state index is 13.2. The van der Waals surface area contributed by atoms with Gasteiger partial charge in [0.25, 0.3) is 0 Å². The summed E-state index contributed by atoms with van der Waals surface area (Å²) in [6, 6.07) is 6.29. The molecule has 1 saturated carbocycles. The van der Waals surface area contributed by atoms with Crippen LogP contribution in [0.4, 0.5) is 4.79 Å². The summed E-state index contributed by atoms with van der Waals surface area (Å²) in [4.78, 5) is 12.6. The van der Waals surface area contributed by atoms with Gasteiger partial charge in [0, 0.05) is 25.2 Å². The van der Waals surface area contributed by atoms with Gasteiger partial charge in [0.05, 0.1) is 5.02 Å². The number of carbonyl (C=O) groups is 1. The van der Waals surface area contributed by atoms with E-state index in [1.807, 2.05) is 0 Å². The van der Waals surface area contributed by atoms with Crippen LogP contribution in [0.25, 0.3) is 0 Å². The summed E-state index contributed by atoms with van der Waals surface area (Å²) < 4.78 is 27.8. The van der Waals surface area contributed by atoms with Crippen LogP contribution in [0, 0.1) is 0 Å². The van der Waals surface area contributed by atoms with Gasteiger partial charge in [-0.2, -0.15) is 4.31 Å². The van der Waals surface area contributed by atoms with Crippen molar-refractivity contribution in [2.45, 2.75) is 81.2 Å². The van der Waals surface area contributed by atoms with Crippen LogP contribution in [-0.4, -0.2) is 43.9 Å². The van der Waals surface area contributed by atoms with Crippen LogP contribution < -0.4 is 10.6 Å². The van der Waals surface area contributed by atoms with Gasteiger partial charge in [-0.15, -0.1) is 0 Å². The highest BCUT2D eigenvalue weighted by molar-refractivity contribution is 7.89. The average molecular weight is 442 g/mol. The number of carbonyl (C=O) groups excluding carboxylic acids is 1. The minimum absolute atomic E-state index is 0.132. The molecule has 0 spiro atoms. The summed E-state index contributed by atoms with van der Waals surface area (Å²) >= 11 is 6.15. The molecule has 1 aliphatic heterocycles. The number of nitrogens with zero attached hydrogens (tertiary/aromatic N) is 1. The van der Waals surface area contributed by atoms with Gasteiger partial charge in [0.1, 0.15) is 4.90 Å². The van der Waals surface area contributed by atoms with Crippen molar-refractivity contribution < 1.29 is 13.2 Å². The molecule has 0 radical (unpaired) electrons. The molecule has 0 bridgehead atoms. The predicted molar refractivity (Wildman–Crippen MR) is 116 cm³/mol. The second kappa shape index (κ2) is 10.6. The topological polar surface area (TPSA) is 78.5 Å². The minimum atomic E-state index is -3.70. The molecule has 1 aliphatic carbocycles. The average Bonchev–Trinajstić information content (AvgIpc) is 2.69. The number of halogens is 1. The Morgan fingerprint density at radius 2 is 1.66 bits per heavy atom. The number of hydrogen-bond acceptors (Lipinski definition) is 3. The maximum atomic E-state index is 13.2. The van der Waals surface area contributed by atoms with Crippen molar-refractivity contribution in [3.8, 4) is 0 Å². The van der Waals surface area contributed by atoms with Crippen LogP contribution in [0.3, 0.4) is 0 Å². The van der Waals surface area contributed by atoms with E-state index in [0.29, 0.717) is 13.1 Å². The van der Waals surface area contributed by atoms with Gasteiger partial charge in [-0.05, 0) is 37.8 Å². The van der Waals surface area contributed by atoms with Crippen molar-refractivity contribution >= 4 is 27.7 Å². The first-order valence-electron chi connectivity index (χ1n) is 10.8. The Labute approximate surface area is 179 Å². The van der Waals surface area contributed by atoms with Gasteiger partial charge >= 0.3 is 6.03 Å². The molecular weight excluding hydrogens is 410 g/mol. The fourth-order valence-corrected chi connectivity index (χ4v) is 6.51. The fraction of sp³-hybridized carbons (Fsp3) is 0.667. The quantitative estimate of drug-likeness (QED) is 0.715. The Morgan fingerprint density at radius 3 is 2.38 bits per heavy atom. The maximum Gasteiger partial charge on any atom is 0.315 e. The van der Waals surface area contributed by atoms with Crippen molar-refractivity contribution in [3.63, 3.8) is 0 Å². The van der Waals surface area contributed by atoms with Crippen LogP contribution in [0.1, 0.15) is 64.2 Å². The number of urea groups is 1. The first-order chi connectivity index (χ1) is 14.0. The van der Waals surface area contributed by atoms with E-state index in [1.54, 1.807) is 18.2 Å². The van der Waals surface area contributed by atoms with Crippen molar-refractivity contribution in [2.24, 2.45) is 0 Å². The van der Waals surface area contributed by atoms with Crippen molar-refractivity contribution in [1.29, 1.82) is 0 Å². The highest BCUT2D eigenvalue weighted by Crippen LogP contribution is 2.29. The van der Waals surface area contributed by atoms with Crippen LogP contribution >= 0.6 is 11.6 Å². The molecule has 0 aromatic heterocycles. The van der Waals surface area contributed by atoms with Crippen LogP contribution in [0.15, 0.2) is 29.2 Å². The summed E-state index contributed by atoms with van der Waals surface area (Å²) in [6.45, 7) is 0.756. The first-order valence-corrected chi connectivity index (χ1v) is 12.6. The fourth-order valence-electron chi connectivity index (χ4n) is 4.32. The van der Waals surface area contributed by atoms with E-state index < -0.39 is 10.0 Å². The number of amides is 2. The van der Waals surface area contributed by atoms with E-state index in [4.69, 9.17) is 11.6 Å². The Kier molecular flexibility index (Phi) is 8.21. The third kappa shape index (κ3) is 6.09. The number of hydrogen-bond donors (Lipinski definition) is 2. The highest BCUT2D eigenvalue weighted by atomic mass is 35.5. The summed E-state index contributed by atoms with van der Waals surface area (Å²) in [7, 11) is -3.70. The molecule has 1 heterocycles. The van der Waals surface area contributed by atoms with E-state index in [1.165, 1.54) is 29.6 Å². The van der Waals surface area contributed by atoms with Crippen molar-refractivity contribution in [1.82, 2.24) is 14.9 Å². The molecule has 29 heavy (non-hydrogen) atoms. The van der Waals surface area contributed by atoms with Crippen LogP contribution in [-0.2, 0) is 10.0 Å². The standard InChI is InChI=1S/C21H32ClN3O3S/c22-19-13-6-7-14-20(19)29(27,28)25-15-9-8-12-18(25)16-23-21(26)24-17-10-4-2-1-3-5-11-17/h6-7,13-14,17-18H,1-5,8-12,15-16H2,(H2,23,24,26). The molecule has 1 aromatic rings. The molecule has 1 atom stereocenters. The van der Waals surface area contributed by atoms with E-state index in [9.17, 15) is 13.2 Å². The monoisotopic (exact) mass is 441 g/mol. The lowest BCUT2D eigenvalue weighted by molar-refractivity contribution is 0.219. The smallest absolute Gasteiger partial charge is 0.315 e. The van der Waals surface area contributed by atoms with E-state index in [-0.39, 0.29) is 28.0 Å². The molecule has 3 rings (SSSR count). The Hall–Kier alpha value is -1.31. The van der Waals surface area contributed by atoms with Crippen LogP contribution in [0.2, 0.25) is 5.02 Å². The Bertz CT molecular complexity index is 779. The zero-order valence-corrected chi connectivity index (χ0v) is 18.5. The second-order valence-electron chi connectivity index (χ2n) is 8.09. The summed E-state index contributed by atoms with van der Waals surface area (Å²) in [6.07, 6.45) is 10.6. The van der Waals surface area contributed by atoms with Crippen molar-refractivity contribution in [2.75, 3.05) is 13.1 Å². The lowest BCUT2D eigenvalue weighted by atomic mass is 9.97. The molecule has 162 valence electrons. The molecular formula is C21H32ClN3O3S. The normalized spacial score (nSPS) is 22.4. The Balaban J connectivity index is 1.60. The zero-order valence-electron chi connectivity index (χ0n) is 16.9. The lowest BCUT2D eigenvalue weighted by Crippen LogP contribution is -2.51. The summed E-state index contributed by atoms with van der Waals surface area (Å²) in [5.41, 5.74) is 0. The molecule has 2 amide bonds. The summed E-state index contributed by atoms with van der Waals surface area (Å²) in [5, 5.41) is 6.22. The molecule has 2 N–H and O–H groups in total. The lowest BCUT2D eigenvalue weighted by Gasteiger charge is -2.35. The minimum Gasteiger partial charge on any atom is -0.337 e. The van der Waals surface area contributed by atoms with Gasteiger partial charge in [0.15, 0.2) is 0 Å². The van der Waals surface area contributed by atoms with Gasteiger partial charge in [-0.25, -0.2) is 13.2 Å². The molecule has 8 heteroatoms. The van der Waals surface area contributed by atoms with Gasteiger partial charge in [-0.1, -0.05) is 62.3 Å². The SMILES string of the molecule is O=C(NCC1CCCCN1S(=O)(=O)c1ccccc1Cl)NC1CCCCCCC1. The number of sulfonamides is 1. The number of benzene rings is 1. The van der Waals surface area contributed by atoms with E-state index >= 15 is 0 Å². The molecule has 2 aliphatic rings. The molecule has 6 nitrogen and oxygen atoms in total. The molecule has 2 fully saturated rings. The largest absolute Gasteiger partial charge is 0.337 e. The molecule has 1 saturated heterocycles. The van der Waals surface area contributed by atoms with Gasteiger partial charge in [0.2, 0.25) is 10.0 Å². The second-order valence-corrected chi connectivity index (χ2v) is 10.4. The van der Waals surface area contributed by atoms with E-state index in [0.717, 1.165) is 44.9 Å².